The van der Waals surface area contributed by atoms with Crippen molar-refractivity contribution >= 4 is 24.0 Å². The largest absolute Gasteiger partial charge is 0.515 e. The third-order valence-electron chi connectivity index (χ3n) is 4.35. The van der Waals surface area contributed by atoms with Crippen molar-refractivity contribution in [1.29, 1.82) is 0 Å². The van der Waals surface area contributed by atoms with Gasteiger partial charge in [0.05, 0.1) is 23.9 Å². The third-order valence-corrected chi connectivity index (χ3v) is 5.26. The molecule has 0 spiro atoms. The molecule has 1 saturated heterocycles. The van der Waals surface area contributed by atoms with Crippen LogP contribution in [0.25, 0.3) is 10.6 Å². The number of hydrogen-bond acceptors (Lipinski definition) is 5. The molecule has 1 aliphatic heterocycles. The van der Waals surface area contributed by atoms with Crippen molar-refractivity contribution in [1.82, 2.24) is 4.98 Å². The molecule has 0 bridgehead atoms. The minimum Gasteiger partial charge on any atom is -0.497 e. The van der Waals surface area contributed by atoms with Crippen molar-refractivity contribution in [3.05, 3.63) is 29.6 Å². The zero-order chi connectivity index (χ0) is 16.0. The van der Waals surface area contributed by atoms with E-state index in [-0.39, 0.29) is 11.2 Å². The first kappa shape index (κ1) is 15.5. The van der Waals surface area contributed by atoms with Crippen LogP contribution in [0, 0.1) is 0 Å². The van der Waals surface area contributed by atoms with Crippen LogP contribution in [0.2, 0.25) is 0 Å². The maximum atomic E-state index is 6.04. The van der Waals surface area contributed by atoms with Crippen LogP contribution in [0.4, 0.5) is 0 Å². The summed E-state index contributed by atoms with van der Waals surface area (Å²) >= 11 is 1.59. The molecule has 4 nitrogen and oxygen atoms in total. The zero-order valence-electron chi connectivity index (χ0n) is 13.5. The van der Waals surface area contributed by atoms with E-state index in [0.717, 1.165) is 21.9 Å². The Balaban J connectivity index is 1.82. The number of benzene rings is 1. The van der Waals surface area contributed by atoms with Gasteiger partial charge in [-0.05, 0) is 52.0 Å². The van der Waals surface area contributed by atoms with E-state index in [1.54, 1.807) is 18.4 Å². The van der Waals surface area contributed by atoms with Crippen LogP contribution in [-0.4, -0.2) is 30.4 Å². The van der Waals surface area contributed by atoms with Gasteiger partial charge in [0.25, 0.3) is 0 Å². The summed E-state index contributed by atoms with van der Waals surface area (Å²) in [4.78, 5) is 4.68. The second-order valence-corrected chi connectivity index (χ2v) is 7.25. The molecule has 0 aliphatic carbocycles. The SMILES string of the molecule is COc1ccc(-c2nc(B3OC(C)(C)C(C)(C)O3)cs2)cc1. The number of thiazole rings is 1. The molecular weight excluding hydrogens is 297 g/mol. The minimum absolute atomic E-state index is 0.346. The Hall–Kier alpha value is -1.37. The van der Waals surface area contributed by atoms with Crippen molar-refractivity contribution in [3.8, 4) is 16.3 Å². The lowest BCUT2D eigenvalue weighted by atomic mass is 9.86. The number of hydrogen-bond donors (Lipinski definition) is 0. The van der Waals surface area contributed by atoms with Crippen LogP contribution in [0.15, 0.2) is 29.6 Å². The molecule has 0 radical (unpaired) electrons. The highest BCUT2D eigenvalue weighted by atomic mass is 32.1. The van der Waals surface area contributed by atoms with Gasteiger partial charge in [0, 0.05) is 10.9 Å². The molecule has 1 fully saturated rings. The summed E-state index contributed by atoms with van der Waals surface area (Å²) in [6, 6.07) is 7.88. The van der Waals surface area contributed by atoms with Crippen LogP contribution in [-0.2, 0) is 9.31 Å². The number of methoxy groups -OCH3 is 1. The normalized spacial score (nSPS) is 19.4. The number of nitrogens with zero attached hydrogens (tertiary/aromatic N) is 1. The minimum atomic E-state index is -0.409. The molecule has 1 aromatic heterocycles. The molecule has 0 amide bonds. The van der Waals surface area contributed by atoms with Gasteiger partial charge < -0.3 is 14.0 Å². The van der Waals surface area contributed by atoms with E-state index in [0.29, 0.717) is 0 Å². The molecular formula is C16H20BNO3S. The second-order valence-electron chi connectivity index (χ2n) is 6.39. The molecule has 3 rings (SSSR count). The molecule has 2 aromatic rings. The monoisotopic (exact) mass is 317 g/mol. The van der Waals surface area contributed by atoms with Gasteiger partial charge in [-0.15, -0.1) is 11.3 Å². The number of ether oxygens (including phenoxy) is 1. The highest BCUT2D eigenvalue weighted by molar-refractivity contribution is 7.14. The summed E-state index contributed by atoms with van der Waals surface area (Å²) in [6.45, 7) is 8.18. The molecule has 1 aromatic carbocycles. The average molecular weight is 317 g/mol. The smallest absolute Gasteiger partial charge is 0.497 e. The van der Waals surface area contributed by atoms with Gasteiger partial charge >= 0.3 is 7.12 Å². The Labute approximate surface area is 135 Å². The molecule has 1 aliphatic rings. The zero-order valence-corrected chi connectivity index (χ0v) is 14.4. The predicted octanol–water partition coefficient (Wildman–Crippen LogP) is 3.12. The lowest BCUT2D eigenvalue weighted by molar-refractivity contribution is 0.00578. The van der Waals surface area contributed by atoms with Crippen LogP contribution >= 0.6 is 11.3 Å². The van der Waals surface area contributed by atoms with Gasteiger partial charge in [-0.1, -0.05) is 0 Å². The van der Waals surface area contributed by atoms with Crippen molar-refractivity contribution in [3.63, 3.8) is 0 Å². The van der Waals surface area contributed by atoms with Gasteiger partial charge in [-0.3, -0.25) is 0 Å². The average Bonchev–Trinajstić information content (AvgIpc) is 3.03. The molecule has 0 atom stereocenters. The van der Waals surface area contributed by atoms with Crippen molar-refractivity contribution in [2.24, 2.45) is 0 Å². The number of aromatic nitrogens is 1. The Bertz CT molecular complexity index is 650. The van der Waals surface area contributed by atoms with Crippen molar-refractivity contribution in [2.75, 3.05) is 7.11 Å². The fourth-order valence-electron chi connectivity index (χ4n) is 2.22. The van der Waals surface area contributed by atoms with Gasteiger partial charge in [0.15, 0.2) is 0 Å². The lowest BCUT2D eigenvalue weighted by Gasteiger charge is -2.32. The summed E-state index contributed by atoms with van der Waals surface area (Å²) in [7, 11) is 1.25. The van der Waals surface area contributed by atoms with E-state index in [1.807, 2.05) is 57.3 Å². The lowest BCUT2D eigenvalue weighted by Crippen LogP contribution is -2.41. The Morgan fingerprint density at radius 3 is 2.18 bits per heavy atom. The fourth-order valence-corrected chi connectivity index (χ4v) is 3.05. The van der Waals surface area contributed by atoms with E-state index < -0.39 is 7.12 Å². The summed E-state index contributed by atoms with van der Waals surface area (Å²) < 4.78 is 17.3. The van der Waals surface area contributed by atoms with Gasteiger partial charge in [-0.2, -0.15) is 0 Å². The quantitative estimate of drug-likeness (QED) is 0.816. The van der Waals surface area contributed by atoms with Crippen LogP contribution in [0.3, 0.4) is 0 Å². The molecule has 116 valence electrons. The number of rotatable bonds is 3. The molecule has 0 unspecified atom stereocenters. The molecule has 22 heavy (non-hydrogen) atoms. The van der Waals surface area contributed by atoms with E-state index in [2.05, 4.69) is 4.98 Å². The highest BCUT2D eigenvalue weighted by Crippen LogP contribution is 2.36. The molecule has 0 saturated carbocycles. The van der Waals surface area contributed by atoms with E-state index >= 15 is 0 Å². The maximum Gasteiger partial charge on any atom is 0.515 e. The molecule has 0 N–H and O–H groups in total. The van der Waals surface area contributed by atoms with Crippen LogP contribution in [0.5, 0.6) is 5.75 Å². The Kier molecular flexibility index (Phi) is 3.79. The van der Waals surface area contributed by atoms with Gasteiger partial charge in [0.2, 0.25) is 0 Å². The topological polar surface area (TPSA) is 40.6 Å². The maximum absolute atomic E-state index is 6.04. The van der Waals surface area contributed by atoms with E-state index in [1.165, 1.54) is 0 Å². The van der Waals surface area contributed by atoms with Crippen molar-refractivity contribution in [2.45, 2.75) is 38.9 Å². The van der Waals surface area contributed by atoms with E-state index in [9.17, 15) is 0 Å². The van der Waals surface area contributed by atoms with Crippen molar-refractivity contribution < 1.29 is 14.0 Å². The summed E-state index contributed by atoms with van der Waals surface area (Å²) in [5, 5.41) is 2.95. The fraction of sp³-hybridized carbons (Fsp3) is 0.438. The van der Waals surface area contributed by atoms with Gasteiger partial charge in [0.1, 0.15) is 10.8 Å². The second kappa shape index (κ2) is 5.37. The first-order valence-electron chi connectivity index (χ1n) is 7.28. The summed E-state index contributed by atoms with van der Waals surface area (Å²) in [5.41, 5.74) is 1.20. The van der Waals surface area contributed by atoms with Gasteiger partial charge in [-0.25, -0.2) is 4.98 Å². The summed E-state index contributed by atoms with van der Waals surface area (Å²) in [6.07, 6.45) is 0. The van der Waals surface area contributed by atoms with Crippen LogP contribution < -0.4 is 10.3 Å². The molecule has 6 heteroatoms. The predicted molar refractivity (Wildman–Crippen MR) is 89.8 cm³/mol. The highest BCUT2D eigenvalue weighted by Gasteiger charge is 2.52. The molecule has 2 heterocycles. The Morgan fingerprint density at radius 2 is 1.64 bits per heavy atom. The first-order chi connectivity index (χ1) is 10.3. The van der Waals surface area contributed by atoms with Crippen LogP contribution in [0.1, 0.15) is 27.7 Å². The standard InChI is InChI=1S/C16H20BNO3S/c1-15(2)16(3,4)21-17(20-15)13-10-22-14(18-13)11-6-8-12(19-5)9-7-11/h6-10H,1-5H3. The summed E-state index contributed by atoms with van der Waals surface area (Å²) in [5.74, 6) is 0.839. The Morgan fingerprint density at radius 1 is 1.05 bits per heavy atom. The first-order valence-corrected chi connectivity index (χ1v) is 8.16. The van der Waals surface area contributed by atoms with E-state index in [4.69, 9.17) is 14.0 Å². The third kappa shape index (κ3) is 2.66.